The van der Waals surface area contributed by atoms with E-state index in [-0.39, 0.29) is 21.1 Å². The zero-order chi connectivity index (χ0) is 4.12. The number of allylic oxidation sites excluding steroid dienone is 2. The first kappa shape index (κ1) is 9.48. The molecule has 0 saturated heterocycles. The van der Waals surface area contributed by atoms with Crippen LogP contribution in [0.2, 0.25) is 0 Å². The van der Waals surface area contributed by atoms with Crippen molar-refractivity contribution in [2.75, 3.05) is 0 Å². The van der Waals surface area contributed by atoms with Gasteiger partial charge in [-0.1, -0.05) is 12.2 Å². The molecule has 0 aromatic rings. The summed E-state index contributed by atoms with van der Waals surface area (Å²) in [6.45, 7) is 6.85. The van der Waals surface area contributed by atoms with Gasteiger partial charge < -0.3 is 0 Å². The van der Waals surface area contributed by atoms with E-state index in [9.17, 15) is 0 Å². The maximum absolute atomic E-state index is 3.42. The van der Waals surface area contributed by atoms with Gasteiger partial charge in [0.05, 0.1) is 0 Å². The van der Waals surface area contributed by atoms with Crippen LogP contribution in [-0.2, 0) is 21.1 Å². The molecule has 0 heterocycles. The van der Waals surface area contributed by atoms with E-state index >= 15 is 0 Å². The largest absolute Gasteiger partial charge is 0.102 e. The second-order valence-electron chi connectivity index (χ2n) is 0.664. The number of hydrogen-bond acceptors (Lipinski definition) is 0. The van der Waals surface area contributed by atoms with Crippen LogP contribution in [0.5, 0.6) is 0 Å². The van der Waals surface area contributed by atoms with Crippen LogP contribution in [0.1, 0.15) is 0 Å². The van der Waals surface area contributed by atoms with E-state index in [1.54, 1.807) is 18.6 Å². The van der Waals surface area contributed by atoms with Crippen LogP contribution in [0.3, 0.4) is 0 Å². The second-order valence-corrected chi connectivity index (χ2v) is 0.664. The summed E-state index contributed by atoms with van der Waals surface area (Å²) in [5, 5.41) is 0. The number of rotatable bonds is 2. The fraction of sp³-hybridized carbons (Fsp3) is 0. The summed E-state index contributed by atoms with van der Waals surface area (Å²) in [5.41, 5.74) is 0. The van der Waals surface area contributed by atoms with Gasteiger partial charge in [-0.25, -0.2) is 0 Å². The van der Waals surface area contributed by atoms with Crippen LogP contribution in [0.25, 0.3) is 0 Å². The molecule has 0 aliphatic rings. The van der Waals surface area contributed by atoms with Crippen molar-refractivity contribution >= 4 is 0 Å². The van der Waals surface area contributed by atoms with E-state index in [4.69, 9.17) is 0 Å². The molecule has 0 N–H and O–H groups in total. The molecule has 0 saturated carbocycles. The fourth-order valence-corrected chi connectivity index (χ4v) is 0.0962. The third-order valence-electron chi connectivity index (χ3n) is 0.272. The molecule has 0 unspecified atom stereocenters. The smallest absolute Gasteiger partial charge is 0.00386 e. The topological polar surface area (TPSA) is 0 Å². The van der Waals surface area contributed by atoms with E-state index in [1.165, 1.54) is 0 Å². The fourth-order valence-electron chi connectivity index (χ4n) is 0.0962. The van der Waals surface area contributed by atoms with Crippen LogP contribution >= 0.6 is 0 Å². The first-order valence-electron chi connectivity index (χ1n) is 1.48. The third-order valence-corrected chi connectivity index (χ3v) is 0.272. The van der Waals surface area contributed by atoms with E-state index in [2.05, 4.69) is 13.2 Å². The summed E-state index contributed by atoms with van der Waals surface area (Å²) in [4.78, 5) is 0. The Labute approximate surface area is 53.2 Å². The van der Waals surface area contributed by atoms with Crippen LogP contribution in [0, 0.1) is 6.42 Å². The summed E-state index contributed by atoms with van der Waals surface area (Å²) >= 11 is 0. The molecule has 0 aromatic heterocycles. The molecule has 0 amide bonds. The van der Waals surface area contributed by atoms with Crippen LogP contribution < -0.4 is 0 Å². The van der Waals surface area contributed by atoms with E-state index in [0.29, 0.717) is 0 Å². The monoisotopic (exact) mass is 262 g/mol. The molecule has 0 spiro atoms. The summed E-state index contributed by atoms with van der Waals surface area (Å²) in [6.07, 6.45) is 5.15. The van der Waals surface area contributed by atoms with Crippen molar-refractivity contribution in [3.8, 4) is 0 Å². The maximum Gasteiger partial charge on any atom is 0.00386 e. The Morgan fingerprint density at radius 1 is 1.00 bits per heavy atom. The Bertz CT molecular complexity index is 33.2. The first-order chi connectivity index (χ1) is 2.41. The molecular formula is C5H7Pt. The van der Waals surface area contributed by atoms with Crippen molar-refractivity contribution in [3.63, 3.8) is 0 Å². The molecule has 0 aliphatic carbocycles. The van der Waals surface area contributed by atoms with Gasteiger partial charge in [0.1, 0.15) is 0 Å². The van der Waals surface area contributed by atoms with Gasteiger partial charge in [-0.2, -0.15) is 0 Å². The Kier molecular flexibility index (Phi) is 14.1. The van der Waals surface area contributed by atoms with Crippen molar-refractivity contribution < 1.29 is 21.1 Å². The predicted octanol–water partition coefficient (Wildman–Crippen LogP) is 1.56. The summed E-state index contributed by atoms with van der Waals surface area (Å²) in [6, 6.07) is 0. The van der Waals surface area contributed by atoms with Gasteiger partial charge in [-0.15, -0.1) is 13.2 Å². The summed E-state index contributed by atoms with van der Waals surface area (Å²) < 4.78 is 0. The molecule has 0 nitrogen and oxygen atoms in total. The Hall–Kier alpha value is 0.168. The van der Waals surface area contributed by atoms with Gasteiger partial charge in [-0.05, 0) is 0 Å². The molecule has 1 heteroatoms. The van der Waals surface area contributed by atoms with Gasteiger partial charge in [0.15, 0.2) is 0 Å². The van der Waals surface area contributed by atoms with Crippen molar-refractivity contribution in [2.24, 2.45) is 0 Å². The summed E-state index contributed by atoms with van der Waals surface area (Å²) in [7, 11) is 0. The molecule has 6 heavy (non-hydrogen) atoms. The van der Waals surface area contributed by atoms with Gasteiger partial charge in [0.2, 0.25) is 0 Å². The van der Waals surface area contributed by atoms with Gasteiger partial charge >= 0.3 is 0 Å². The molecule has 0 aliphatic heterocycles. The van der Waals surface area contributed by atoms with Crippen molar-refractivity contribution in [1.29, 1.82) is 0 Å². The minimum atomic E-state index is 0. The van der Waals surface area contributed by atoms with E-state index in [0.717, 1.165) is 0 Å². The maximum atomic E-state index is 3.42. The first-order valence-corrected chi connectivity index (χ1v) is 1.48. The van der Waals surface area contributed by atoms with Crippen LogP contribution in [0.4, 0.5) is 0 Å². The van der Waals surface area contributed by atoms with Crippen LogP contribution in [0.15, 0.2) is 25.3 Å². The third kappa shape index (κ3) is 8.90. The molecule has 1 radical (unpaired) electrons. The zero-order valence-electron chi connectivity index (χ0n) is 3.46. The standard InChI is InChI=1S/C5H7.Pt/c1-3-5-4-2;/h3-5H,1-2H2;. The zero-order valence-corrected chi connectivity index (χ0v) is 5.73. The Morgan fingerprint density at radius 3 is 1.33 bits per heavy atom. The Morgan fingerprint density at radius 2 is 1.33 bits per heavy atom. The average molecular weight is 262 g/mol. The SMILES string of the molecule is C=C[CH]C=C.[Pt]. The van der Waals surface area contributed by atoms with Crippen molar-refractivity contribution in [2.45, 2.75) is 0 Å². The molecule has 37 valence electrons. The summed E-state index contributed by atoms with van der Waals surface area (Å²) in [5.74, 6) is 0. The molecule has 0 rings (SSSR count). The minimum absolute atomic E-state index is 0. The predicted molar refractivity (Wildman–Crippen MR) is 24.7 cm³/mol. The molecule has 0 atom stereocenters. The normalized spacial score (nSPS) is 5.33. The van der Waals surface area contributed by atoms with Crippen LogP contribution in [-0.4, -0.2) is 0 Å². The van der Waals surface area contributed by atoms with E-state index in [1.807, 2.05) is 0 Å². The second kappa shape index (κ2) is 8.95. The number of hydrogen-bond donors (Lipinski definition) is 0. The van der Waals surface area contributed by atoms with E-state index < -0.39 is 0 Å². The molecule has 0 fully saturated rings. The average Bonchev–Trinajstić information content (AvgIpc) is 1.41. The van der Waals surface area contributed by atoms with Crippen molar-refractivity contribution in [3.05, 3.63) is 31.7 Å². The molecule has 0 bridgehead atoms. The van der Waals surface area contributed by atoms with Gasteiger partial charge in [0, 0.05) is 27.5 Å². The van der Waals surface area contributed by atoms with Gasteiger partial charge in [0.25, 0.3) is 0 Å². The molecular weight excluding hydrogens is 255 g/mol. The minimum Gasteiger partial charge on any atom is -0.102 e. The molecule has 0 aromatic carbocycles. The van der Waals surface area contributed by atoms with Crippen molar-refractivity contribution in [1.82, 2.24) is 0 Å². The quantitative estimate of drug-likeness (QED) is 0.708. The van der Waals surface area contributed by atoms with Gasteiger partial charge in [-0.3, -0.25) is 0 Å². The Balaban J connectivity index is 0.